The van der Waals surface area contributed by atoms with Crippen LogP contribution in [0.3, 0.4) is 0 Å². The highest BCUT2D eigenvalue weighted by Gasteiger charge is 2.44. The molecule has 0 radical (unpaired) electrons. The Balaban J connectivity index is 1.60. The Morgan fingerprint density at radius 3 is 2.50 bits per heavy atom. The summed E-state index contributed by atoms with van der Waals surface area (Å²) in [6.45, 7) is 0. The molecule has 0 aromatic heterocycles. The minimum atomic E-state index is -0.984. The molecule has 2 heterocycles. The second-order valence-corrected chi connectivity index (χ2v) is 6.53. The topological polar surface area (TPSA) is 105 Å². The molecule has 1 unspecified atom stereocenters. The van der Waals surface area contributed by atoms with Crippen LogP contribution >= 0.6 is 0 Å². The number of rotatable bonds is 4. The first kappa shape index (κ1) is 17.7. The fraction of sp³-hybridized carbons (Fsp3) is 0.200. The molecule has 4 rings (SSSR count). The van der Waals surface area contributed by atoms with E-state index in [0.717, 1.165) is 10.6 Å². The van der Waals surface area contributed by atoms with E-state index < -0.39 is 29.7 Å². The van der Waals surface area contributed by atoms with Crippen molar-refractivity contribution in [1.82, 2.24) is 10.2 Å². The van der Waals surface area contributed by atoms with E-state index in [1.165, 1.54) is 12.1 Å². The molecule has 2 aliphatic rings. The van der Waals surface area contributed by atoms with Gasteiger partial charge in [-0.15, -0.1) is 0 Å². The molecule has 142 valence electrons. The molecule has 1 atom stereocenters. The fourth-order valence-electron chi connectivity index (χ4n) is 3.36. The van der Waals surface area contributed by atoms with Crippen LogP contribution in [-0.2, 0) is 9.59 Å². The van der Waals surface area contributed by atoms with Gasteiger partial charge in [-0.2, -0.15) is 0 Å². The number of imide groups is 2. The first-order valence-electron chi connectivity index (χ1n) is 8.79. The molecule has 0 saturated carbocycles. The molecule has 8 nitrogen and oxygen atoms in total. The number of carbonyl (C=O) groups is 4. The van der Waals surface area contributed by atoms with Crippen LogP contribution in [0, 0.1) is 0 Å². The molecule has 1 fully saturated rings. The number of hydrogen-bond donors (Lipinski definition) is 2. The monoisotopic (exact) mass is 379 g/mol. The van der Waals surface area contributed by atoms with Crippen LogP contribution in [0.25, 0.3) is 0 Å². The Bertz CT molecular complexity index is 1020. The van der Waals surface area contributed by atoms with Crippen LogP contribution in [0.4, 0.5) is 5.69 Å². The van der Waals surface area contributed by atoms with Gasteiger partial charge in [0.2, 0.25) is 11.8 Å². The lowest BCUT2D eigenvalue weighted by atomic mass is 10.0. The summed E-state index contributed by atoms with van der Waals surface area (Å²) in [5.74, 6) is -1.17. The number of benzene rings is 2. The quantitative estimate of drug-likeness (QED) is 0.787. The van der Waals surface area contributed by atoms with Crippen molar-refractivity contribution in [3.8, 4) is 11.5 Å². The van der Waals surface area contributed by atoms with E-state index in [1.807, 2.05) is 12.1 Å². The lowest BCUT2D eigenvalue weighted by molar-refractivity contribution is -0.136. The van der Waals surface area contributed by atoms with Crippen molar-refractivity contribution in [2.45, 2.75) is 18.9 Å². The van der Waals surface area contributed by atoms with Crippen molar-refractivity contribution >= 4 is 29.3 Å². The Morgan fingerprint density at radius 2 is 1.75 bits per heavy atom. The summed E-state index contributed by atoms with van der Waals surface area (Å²) in [5, 5.41) is 5.18. The molecule has 28 heavy (non-hydrogen) atoms. The first-order chi connectivity index (χ1) is 13.5. The highest BCUT2D eigenvalue weighted by Crippen LogP contribution is 2.32. The number of fused-ring (bicyclic) bond motifs is 1. The number of ether oxygens (including phenoxy) is 1. The van der Waals surface area contributed by atoms with Crippen LogP contribution in [0.2, 0.25) is 0 Å². The minimum Gasteiger partial charge on any atom is -0.457 e. The maximum atomic E-state index is 12.8. The summed E-state index contributed by atoms with van der Waals surface area (Å²) >= 11 is 0. The molecule has 0 aliphatic carbocycles. The molecular weight excluding hydrogens is 362 g/mol. The van der Waals surface area contributed by atoms with Gasteiger partial charge in [0.1, 0.15) is 17.5 Å². The minimum absolute atomic E-state index is 0.0833. The normalized spacial score (nSPS) is 18.8. The van der Waals surface area contributed by atoms with Crippen molar-refractivity contribution in [3.63, 3.8) is 0 Å². The average Bonchev–Trinajstić information content (AvgIpc) is 2.93. The second kappa shape index (κ2) is 6.80. The molecule has 2 aliphatic heterocycles. The number of anilines is 1. The zero-order valence-corrected chi connectivity index (χ0v) is 15.0. The third-order valence-electron chi connectivity index (χ3n) is 4.77. The van der Waals surface area contributed by atoms with Gasteiger partial charge >= 0.3 is 0 Å². The van der Waals surface area contributed by atoms with Gasteiger partial charge < -0.3 is 10.1 Å². The van der Waals surface area contributed by atoms with Crippen molar-refractivity contribution < 1.29 is 23.9 Å². The van der Waals surface area contributed by atoms with E-state index in [0.29, 0.717) is 11.5 Å². The third-order valence-corrected chi connectivity index (χ3v) is 4.77. The van der Waals surface area contributed by atoms with E-state index in [-0.39, 0.29) is 24.0 Å². The SMILES string of the molecule is CNc1cccc(Oc2ccc3c(c2)C(=O)N(C2CCC(=O)NC2=O)C3=O)c1. The van der Waals surface area contributed by atoms with Gasteiger partial charge in [0.05, 0.1) is 11.1 Å². The van der Waals surface area contributed by atoms with Gasteiger partial charge in [0.15, 0.2) is 0 Å². The number of piperidine rings is 1. The van der Waals surface area contributed by atoms with Crippen LogP contribution in [0.5, 0.6) is 11.5 Å². The summed E-state index contributed by atoms with van der Waals surface area (Å²) in [7, 11) is 1.79. The van der Waals surface area contributed by atoms with Crippen LogP contribution in [-0.4, -0.2) is 41.6 Å². The maximum absolute atomic E-state index is 12.8. The van der Waals surface area contributed by atoms with Crippen molar-refractivity contribution in [2.24, 2.45) is 0 Å². The lowest BCUT2D eigenvalue weighted by Crippen LogP contribution is -2.54. The first-order valence-corrected chi connectivity index (χ1v) is 8.79. The van der Waals surface area contributed by atoms with Crippen molar-refractivity contribution in [1.29, 1.82) is 0 Å². The molecule has 4 amide bonds. The van der Waals surface area contributed by atoms with Gasteiger partial charge in [-0.3, -0.25) is 29.4 Å². The highest BCUT2D eigenvalue weighted by atomic mass is 16.5. The molecule has 0 spiro atoms. The number of amides is 4. The smallest absolute Gasteiger partial charge is 0.262 e. The highest BCUT2D eigenvalue weighted by molar-refractivity contribution is 6.23. The van der Waals surface area contributed by atoms with E-state index in [9.17, 15) is 19.2 Å². The Morgan fingerprint density at radius 1 is 1.00 bits per heavy atom. The van der Waals surface area contributed by atoms with Gasteiger partial charge in [0.25, 0.3) is 11.8 Å². The summed E-state index contributed by atoms with van der Waals surface area (Å²) < 4.78 is 5.80. The predicted octanol–water partition coefficient (Wildman–Crippen LogP) is 1.92. The number of carbonyl (C=O) groups excluding carboxylic acids is 4. The summed E-state index contributed by atoms with van der Waals surface area (Å²) in [6, 6.07) is 10.9. The largest absolute Gasteiger partial charge is 0.457 e. The predicted molar refractivity (Wildman–Crippen MR) is 99.2 cm³/mol. The van der Waals surface area contributed by atoms with Gasteiger partial charge in [-0.25, -0.2) is 0 Å². The van der Waals surface area contributed by atoms with Gasteiger partial charge in [0, 0.05) is 25.2 Å². The third kappa shape index (κ3) is 2.98. The van der Waals surface area contributed by atoms with E-state index in [4.69, 9.17) is 4.74 Å². The maximum Gasteiger partial charge on any atom is 0.262 e. The van der Waals surface area contributed by atoms with Crippen molar-refractivity contribution in [2.75, 3.05) is 12.4 Å². The average molecular weight is 379 g/mol. The molecule has 8 heteroatoms. The molecule has 2 aromatic rings. The number of nitrogens with zero attached hydrogens (tertiary/aromatic N) is 1. The zero-order chi connectivity index (χ0) is 19.8. The van der Waals surface area contributed by atoms with Crippen LogP contribution in [0.15, 0.2) is 42.5 Å². The summed E-state index contributed by atoms with van der Waals surface area (Å²) in [4.78, 5) is 49.9. The molecule has 2 aromatic carbocycles. The van der Waals surface area contributed by atoms with Crippen LogP contribution < -0.4 is 15.4 Å². The van der Waals surface area contributed by atoms with Crippen molar-refractivity contribution in [3.05, 3.63) is 53.6 Å². The summed E-state index contributed by atoms with van der Waals surface area (Å²) in [5.41, 5.74) is 1.26. The Labute approximate surface area is 160 Å². The Hall–Kier alpha value is -3.68. The second-order valence-electron chi connectivity index (χ2n) is 6.53. The number of hydrogen-bond acceptors (Lipinski definition) is 6. The zero-order valence-electron chi connectivity index (χ0n) is 15.0. The van der Waals surface area contributed by atoms with E-state index >= 15 is 0 Å². The molecular formula is C20H17N3O5. The number of nitrogens with one attached hydrogen (secondary N) is 2. The van der Waals surface area contributed by atoms with Gasteiger partial charge in [-0.05, 0) is 36.8 Å². The van der Waals surface area contributed by atoms with Crippen LogP contribution in [0.1, 0.15) is 33.6 Å². The molecule has 1 saturated heterocycles. The Kier molecular flexibility index (Phi) is 4.31. The summed E-state index contributed by atoms with van der Waals surface area (Å²) in [6.07, 6.45) is 0.205. The van der Waals surface area contributed by atoms with E-state index in [2.05, 4.69) is 10.6 Å². The molecule has 0 bridgehead atoms. The lowest BCUT2D eigenvalue weighted by Gasteiger charge is -2.27. The molecule has 2 N–H and O–H groups in total. The van der Waals surface area contributed by atoms with Gasteiger partial charge in [-0.1, -0.05) is 6.07 Å². The van der Waals surface area contributed by atoms with E-state index in [1.54, 1.807) is 25.2 Å². The fourth-order valence-corrected chi connectivity index (χ4v) is 3.36. The standard InChI is InChI=1S/C20H17N3O5/c1-21-11-3-2-4-12(9-11)28-13-5-6-14-15(10-13)20(27)23(19(14)26)16-7-8-17(24)22-18(16)25/h2-6,9-10,16,21H,7-8H2,1H3,(H,22,24,25).